The van der Waals surface area contributed by atoms with Crippen LogP contribution >= 0.6 is 0 Å². The Hall–Kier alpha value is -2.53. The van der Waals surface area contributed by atoms with Crippen LogP contribution < -0.4 is 9.47 Å². The maximum Gasteiger partial charge on any atom is 0.317 e. The van der Waals surface area contributed by atoms with Gasteiger partial charge in [0.05, 0.1) is 6.54 Å². The third-order valence-electron chi connectivity index (χ3n) is 5.15. The number of para-hydroxylation sites is 1. The first-order valence-corrected chi connectivity index (χ1v) is 8.99. The lowest BCUT2D eigenvalue weighted by atomic mass is 9.77. The molecule has 1 spiro atoms. The SMILES string of the molecule is O=C(O)CN1CC2(Cc3ccc(OCCOc4ccccc4)cc3C2)C1. The second kappa shape index (κ2) is 7.00. The lowest BCUT2D eigenvalue weighted by Crippen LogP contribution is -2.58. The zero-order chi connectivity index (χ0) is 18.0. The molecule has 1 fully saturated rings. The van der Waals surface area contributed by atoms with E-state index in [2.05, 4.69) is 12.1 Å². The fourth-order valence-electron chi connectivity index (χ4n) is 4.16. The van der Waals surface area contributed by atoms with E-state index in [1.54, 1.807) is 0 Å². The predicted molar refractivity (Wildman–Crippen MR) is 97.8 cm³/mol. The van der Waals surface area contributed by atoms with Crippen LogP contribution in [0.5, 0.6) is 11.5 Å². The number of ether oxygens (including phenoxy) is 2. The number of fused-ring (bicyclic) bond motifs is 1. The van der Waals surface area contributed by atoms with Crippen molar-refractivity contribution < 1.29 is 19.4 Å². The molecule has 26 heavy (non-hydrogen) atoms. The summed E-state index contributed by atoms with van der Waals surface area (Å²) < 4.78 is 11.5. The number of nitrogens with zero attached hydrogens (tertiary/aromatic N) is 1. The monoisotopic (exact) mass is 353 g/mol. The Bertz CT molecular complexity index is 784. The number of hydrogen-bond donors (Lipinski definition) is 1. The minimum Gasteiger partial charge on any atom is -0.490 e. The number of aliphatic carboxylic acids is 1. The number of rotatable bonds is 7. The minimum absolute atomic E-state index is 0.147. The number of hydrogen-bond acceptors (Lipinski definition) is 4. The van der Waals surface area contributed by atoms with E-state index in [0.29, 0.717) is 13.2 Å². The number of carbonyl (C=O) groups is 1. The highest BCUT2D eigenvalue weighted by atomic mass is 16.5. The Kier molecular flexibility index (Phi) is 4.55. The molecule has 136 valence electrons. The van der Waals surface area contributed by atoms with Crippen molar-refractivity contribution in [3.05, 3.63) is 59.7 Å². The molecule has 0 aromatic heterocycles. The van der Waals surface area contributed by atoms with E-state index in [9.17, 15) is 4.79 Å². The zero-order valence-electron chi connectivity index (χ0n) is 14.7. The molecule has 0 bridgehead atoms. The van der Waals surface area contributed by atoms with Gasteiger partial charge in [0, 0.05) is 18.5 Å². The van der Waals surface area contributed by atoms with E-state index < -0.39 is 5.97 Å². The lowest BCUT2D eigenvalue weighted by Gasteiger charge is -2.47. The van der Waals surface area contributed by atoms with Crippen molar-refractivity contribution in [2.75, 3.05) is 32.8 Å². The van der Waals surface area contributed by atoms with Gasteiger partial charge in [-0.25, -0.2) is 0 Å². The maximum absolute atomic E-state index is 10.8. The average Bonchev–Trinajstić information content (AvgIpc) is 2.97. The molecule has 2 aliphatic rings. The molecule has 1 heterocycles. The Morgan fingerprint density at radius 1 is 0.962 bits per heavy atom. The molecular weight excluding hydrogens is 330 g/mol. The van der Waals surface area contributed by atoms with Crippen molar-refractivity contribution in [2.45, 2.75) is 12.8 Å². The summed E-state index contributed by atoms with van der Waals surface area (Å²) in [7, 11) is 0. The topological polar surface area (TPSA) is 59.0 Å². The van der Waals surface area contributed by atoms with Gasteiger partial charge in [-0.2, -0.15) is 0 Å². The fraction of sp³-hybridized carbons (Fsp3) is 0.381. The van der Waals surface area contributed by atoms with Gasteiger partial charge in [-0.05, 0) is 48.2 Å². The van der Waals surface area contributed by atoms with Gasteiger partial charge in [-0.1, -0.05) is 24.3 Å². The molecule has 5 heteroatoms. The van der Waals surface area contributed by atoms with Gasteiger partial charge < -0.3 is 14.6 Å². The normalized spacial score (nSPS) is 17.5. The first-order chi connectivity index (χ1) is 12.6. The zero-order valence-corrected chi connectivity index (χ0v) is 14.7. The molecule has 2 aromatic carbocycles. The van der Waals surface area contributed by atoms with Gasteiger partial charge in [-0.15, -0.1) is 0 Å². The summed E-state index contributed by atoms with van der Waals surface area (Å²) in [6.07, 6.45) is 2.05. The van der Waals surface area contributed by atoms with E-state index in [4.69, 9.17) is 14.6 Å². The van der Waals surface area contributed by atoms with Gasteiger partial charge in [-0.3, -0.25) is 9.69 Å². The minimum atomic E-state index is -0.747. The highest BCUT2D eigenvalue weighted by Crippen LogP contribution is 2.44. The molecule has 0 unspecified atom stereocenters. The van der Waals surface area contributed by atoms with E-state index in [1.807, 2.05) is 41.3 Å². The summed E-state index contributed by atoms with van der Waals surface area (Å²) in [4.78, 5) is 12.8. The largest absolute Gasteiger partial charge is 0.490 e. The third-order valence-corrected chi connectivity index (χ3v) is 5.15. The van der Waals surface area contributed by atoms with Crippen LogP contribution in [0.4, 0.5) is 0 Å². The highest BCUT2D eigenvalue weighted by Gasteiger charge is 2.47. The summed E-state index contributed by atoms with van der Waals surface area (Å²) in [6, 6.07) is 16.0. The Morgan fingerprint density at radius 2 is 1.65 bits per heavy atom. The standard InChI is InChI=1S/C21H23NO4/c23-20(24)13-22-14-21(15-22)11-16-6-7-19(10-17(16)12-21)26-9-8-25-18-4-2-1-3-5-18/h1-7,10H,8-9,11-15H2,(H,23,24). The van der Waals surface area contributed by atoms with Crippen LogP contribution in [0.2, 0.25) is 0 Å². The number of likely N-dealkylation sites (tertiary alicyclic amines) is 1. The lowest BCUT2D eigenvalue weighted by molar-refractivity contribution is -0.141. The number of benzene rings is 2. The van der Waals surface area contributed by atoms with Crippen LogP contribution in [-0.4, -0.2) is 48.8 Å². The van der Waals surface area contributed by atoms with Crippen molar-refractivity contribution in [1.29, 1.82) is 0 Å². The summed E-state index contributed by atoms with van der Waals surface area (Å²) in [6.45, 7) is 2.90. The van der Waals surface area contributed by atoms with Crippen LogP contribution in [0.15, 0.2) is 48.5 Å². The van der Waals surface area contributed by atoms with Gasteiger partial charge in [0.1, 0.15) is 24.7 Å². The average molecular weight is 353 g/mol. The highest BCUT2D eigenvalue weighted by molar-refractivity contribution is 5.69. The maximum atomic E-state index is 10.8. The summed E-state index contributed by atoms with van der Waals surface area (Å²) in [5.41, 5.74) is 2.93. The van der Waals surface area contributed by atoms with Crippen LogP contribution in [-0.2, 0) is 17.6 Å². The molecule has 2 aromatic rings. The van der Waals surface area contributed by atoms with E-state index in [0.717, 1.165) is 37.4 Å². The second-order valence-electron chi connectivity index (χ2n) is 7.33. The Morgan fingerprint density at radius 3 is 2.38 bits per heavy atom. The van der Waals surface area contributed by atoms with Crippen LogP contribution in [0.1, 0.15) is 11.1 Å². The molecule has 0 radical (unpaired) electrons. The molecule has 0 saturated carbocycles. The molecule has 5 nitrogen and oxygen atoms in total. The number of carboxylic acids is 1. The molecule has 0 atom stereocenters. The van der Waals surface area contributed by atoms with Crippen LogP contribution in [0, 0.1) is 5.41 Å². The molecule has 1 aliphatic carbocycles. The van der Waals surface area contributed by atoms with E-state index >= 15 is 0 Å². The number of carboxylic acid groups (broad SMARTS) is 1. The molecule has 1 N–H and O–H groups in total. The fourth-order valence-corrected chi connectivity index (χ4v) is 4.16. The van der Waals surface area contributed by atoms with E-state index in [1.165, 1.54) is 11.1 Å². The summed E-state index contributed by atoms with van der Waals surface area (Å²) in [5.74, 6) is 0.978. The van der Waals surface area contributed by atoms with Crippen molar-refractivity contribution in [2.24, 2.45) is 5.41 Å². The first kappa shape index (κ1) is 16.9. The molecular formula is C21H23NO4. The van der Waals surface area contributed by atoms with Gasteiger partial charge in [0.15, 0.2) is 0 Å². The van der Waals surface area contributed by atoms with Crippen molar-refractivity contribution in [1.82, 2.24) is 4.90 Å². The van der Waals surface area contributed by atoms with Gasteiger partial charge in [0.25, 0.3) is 0 Å². The Balaban J connectivity index is 1.27. The quantitative estimate of drug-likeness (QED) is 0.776. The third kappa shape index (κ3) is 3.68. The van der Waals surface area contributed by atoms with Crippen molar-refractivity contribution in [3.63, 3.8) is 0 Å². The second-order valence-corrected chi connectivity index (χ2v) is 7.33. The van der Waals surface area contributed by atoms with Gasteiger partial charge in [0.2, 0.25) is 0 Å². The van der Waals surface area contributed by atoms with Gasteiger partial charge >= 0.3 is 5.97 Å². The van der Waals surface area contributed by atoms with Crippen molar-refractivity contribution in [3.8, 4) is 11.5 Å². The predicted octanol–water partition coefficient (Wildman–Crippen LogP) is 2.63. The smallest absolute Gasteiger partial charge is 0.317 e. The molecule has 1 aliphatic heterocycles. The Labute approximate surface area is 153 Å². The van der Waals surface area contributed by atoms with Crippen LogP contribution in [0.25, 0.3) is 0 Å². The summed E-state index contributed by atoms with van der Waals surface area (Å²) >= 11 is 0. The molecule has 0 amide bonds. The van der Waals surface area contributed by atoms with Crippen LogP contribution in [0.3, 0.4) is 0 Å². The van der Waals surface area contributed by atoms with E-state index in [-0.39, 0.29) is 12.0 Å². The van der Waals surface area contributed by atoms with Crippen molar-refractivity contribution >= 4 is 5.97 Å². The summed E-state index contributed by atoms with van der Waals surface area (Å²) in [5, 5.41) is 8.90. The first-order valence-electron chi connectivity index (χ1n) is 8.99. The molecule has 1 saturated heterocycles. The molecule has 4 rings (SSSR count).